The minimum Gasteiger partial charge on any atom is -0.334 e. The highest BCUT2D eigenvalue weighted by molar-refractivity contribution is 5.85. The molecule has 2 aromatic carbocycles. The third-order valence-corrected chi connectivity index (χ3v) is 4.63. The molecule has 3 aromatic rings. The minimum atomic E-state index is -0.461. The number of halogens is 3. The molecule has 1 saturated heterocycles. The zero-order valence-corrected chi connectivity index (χ0v) is 15.5. The lowest BCUT2D eigenvalue weighted by Crippen LogP contribution is -2.44. The summed E-state index contributed by atoms with van der Waals surface area (Å²) in [5.74, 6) is -0.0950. The van der Waals surface area contributed by atoms with Crippen molar-refractivity contribution < 1.29 is 13.3 Å². The average Bonchev–Trinajstić information content (AvgIpc) is 3.12. The van der Waals surface area contributed by atoms with Crippen LogP contribution in [0, 0.1) is 11.6 Å². The average molecular weight is 393 g/mol. The first-order valence-corrected chi connectivity index (χ1v) is 8.42. The molecule has 1 aromatic heterocycles. The topological polar surface area (TPSA) is 54.2 Å². The second kappa shape index (κ2) is 8.12. The van der Waals surface area contributed by atoms with Crippen LogP contribution >= 0.6 is 12.4 Å². The van der Waals surface area contributed by atoms with Crippen molar-refractivity contribution >= 4 is 12.4 Å². The lowest BCUT2D eigenvalue weighted by Gasteiger charge is -2.30. The van der Waals surface area contributed by atoms with E-state index in [4.69, 9.17) is 4.52 Å². The zero-order valence-electron chi connectivity index (χ0n) is 14.7. The second-order valence-electron chi connectivity index (χ2n) is 6.36. The molecular weight excluding hydrogens is 374 g/mol. The second-order valence-corrected chi connectivity index (χ2v) is 6.36. The van der Waals surface area contributed by atoms with Crippen LogP contribution in [0.2, 0.25) is 0 Å². The Morgan fingerprint density at radius 2 is 1.85 bits per heavy atom. The van der Waals surface area contributed by atoms with Crippen LogP contribution in [0.1, 0.15) is 11.9 Å². The number of nitrogens with one attached hydrogen (secondary N) is 1. The highest BCUT2D eigenvalue weighted by atomic mass is 35.5. The molecule has 1 aliphatic rings. The summed E-state index contributed by atoms with van der Waals surface area (Å²) in [6.07, 6.45) is 0. The minimum absolute atomic E-state index is 0. The molecule has 1 atom stereocenters. The van der Waals surface area contributed by atoms with Crippen molar-refractivity contribution in [2.45, 2.75) is 6.04 Å². The molecule has 27 heavy (non-hydrogen) atoms. The molecule has 5 nitrogen and oxygen atoms in total. The van der Waals surface area contributed by atoms with E-state index < -0.39 is 5.82 Å². The number of hydrogen-bond acceptors (Lipinski definition) is 5. The molecule has 0 radical (unpaired) electrons. The number of benzene rings is 2. The standard InChI is InChI=1S/C19H18F2N4O.ClH/c1-25-9-8-22-11-17(25)18-23-19(26-24-18)15-7-4-13(10-16(15)21)12-2-5-14(20)6-3-12;/h2-7,10,17,22H,8-9,11H2,1H3;1H. The van der Waals surface area contributed by atoms with Crippen LogP contribution in [0.5, 0.6) is 0 Å². The fourth-order valence-corrected chi connectivity index (χ4v) is 3.08. The van der Waals surface area contributed by atoms with Gasteiger partial charge in [0, 0.05) is 19.6 Å². The summed E-state index contributed by atoms with van der Waals surface area (Å²) in [6, 6.07) is 10.7. The van der Waals surface area contributed by atoms with Gasteiger partial charge in [0.05, 0.1) is 11.6 Å². The van der Waals surface area contributed by atoms with Crippen LogP contribution < -0.4 is 5.32 Å². The first-order valence-electron chi connectivity index (χ1n) is 8.42. The van der Waals surface area contributed by atoms with Gasteiger partial charge >= 0.3 is 0 Å². The van der Waals surface area contributed by atoms with E-state index in [1.807, 2.05) is 7.05 Å². The van der Waals surface area contributed by atoms with E-state index in [1.54, 1.807) is 24.3 Å². The van der Waals surface area contributed by atoms with Gasteiger partial charge in [0.25, 0.3) is 5.89 Å². The molecule has 1 N–H and O–H groups in total. The van der Waals surface area contributed by atoms with Crippen LogP contribution in [-0.2, 0) is 0 Å². The molecule has 1 unspecified atom stereocenters. The van der Waals surface area contributed by atoms with Crippen LogP contribution in [0.15, 0.2) is 47.0 Å². The third kappa shape index (κ3) is 4.00. The van der Waals surface area contributed by atoms with Gasteiger partial charge in [-0.15, -0.1) is 12.4 Å². The number of aromatic nitrogens is 2. The van der Waals surface area contributed by atoms with Crippen LogP contribution in [-0.4, -0.2) is 41.7 Å². The van der Waals surface area contributed by atoms with Crippen molar-refractivity contribution in [3.63, 3.8) is 0 Å². The lowest BCUT2D eigenvalue weighted by atomic mass is 10.0. The van der Waals surface area contributed by atoms with Crippen molar-refractivity contribution in [1.82, 2.24) is 20.4 Å². The van der Waals surface area contributed by atoms with Gasteiger partial charge in [-0.05, 0) is 42.4 Å². The van der Waals surface area contributed by atoms with Gasteiger partial charge in [0.15, 0.2) is 5.82 Å². The molecule has 1 aliphatic heterocycles. The van der Waals surface area contributed by atoms with Gasteiger partial charge in [-0.2, -0.15) is 4.98 Å². The van der Waals surface area contributed by atoms with E-state index in [0.29, 0.717) is 11.4 Å². The predicted molar refractivity (Wildman–Crippen MR) is 101 cm³/mol. The first kappa shape index (κ1) is 19.4. The maximum absolute atomic E-state index is 14.6. The molecule has 4 rings (SSSR count). The molecule has 1 fully saturated rings. The summed E-state index contributed by atoms with van der Waals surface area (Å²) in [5.41, 5.74) is 1.64. The zero-order chi connectivity index (χ0) is 18.1. The van der Waals surface area contributed by atoms with E-state index in [9.17, 15) is 8.78 Å². The Balaban J connectivity index is 0.00000210. The molecule has 2 heterocycles. The monoisotopic (exact) mass is 392 g/mol. The van der Waals surface area contributed by atoms with Crippen molar-refractivity contribution in [2.24, 2.45) is 0 Å². The molecule has 0 saturated carbocycles. The third-order valence-electron chi connectivity index (χ3n) is 4.63. The molecule has 8 heteroatoms. The quantitative estimate of drug-likeness (QED) is 0.737. The van der Waals surface area contributed by atoms with E-state index in [1.165, 1.54) is 18.2 Å². The van der Waals surface area contributed by atoms with E-state index in [0.717, 1.165) is 25.2 Å². The fraction of sp³-hybridized carbons (Fsp3) is 0.263. The summed E-state index contributed by atoms with van der Waals surface area (Å²) in [4.78, 5) is 6.52. The Labute approximate surface area is 161 Å². The van der Waals surface area contributed by atoms with Gasteiger partial charge in [0.1, 0.15) is 11.6 Å². The molecule has 0 aliphatic carbocycles. The summed E-state index contributed by atoms with van der Waals surface area (Å²) in [7, 11) is 2.00. The van der Waals surface area contributed by atoms with E-state index in [2.05, 4.69) is 20.4 Å². The smallest absolute Gasteiger partial charge is 0.260 e. The first-order chi connectivity index (χ1) is 12.6. The van der Waals surface area contributed by atoms with Crippen molar-refractivity contribution in [1.29, 1.82) is 0 Å². The summed E-state index contributed by atoms with van der Waals surface area (Å²) < 4.78 is 32.9. The van der Waals surface area contributed by atoms with Gasteiger partial charge in [-0.1, -0.05) is 23.4 Å². The van der Waals surface area contributed by atoms with E-state index in [-0.39, 0.29) is 35.7 Å². The Bertz CT molecular complexity index is 916. The van der Waals surface area contributed by atoms with Gasteiger partial charge in [-0.3, -0.25) is 4.90 Å². The Hall–Kier alpha value is -2.35. The maximum atomic E-state index is 14.6. The molecular formula is C19H19ClF2N4O. The predicted octanol–water partition coefficient (Wildman–Crippen LogP) is 3.68. The van der Waals surface area contributed by atoms with Gasteiger partial charge in [0.2, 0.25) is 0 Å². The molecule has 142 valence electrons. The summed E-state index contributed by atoms with van der Waals surface area (Å²) >= 11 is 0. The van der Waals surface area contributed by atoms with E-state index >= 15 is 0 Å². The number of nitrogens with zero attached hydrogens (tertiary/aromatic N) is 3. The Kier molecular flexibility index (Phi) is 5.84. The van der Waals surface area contributed by atoms with Gasteiger partial charge < -0.3 is 9.84 Å². The van der Waals surface area contributed by atoms with Crippen molar-refractivity contribution in [3.05, 3.63) is 59.9 Å². The van der Waals surface area contributed by atoms with Crippen LogP contribution in [0.3, 0.4) is 0 Å². The lowest BCUT2D eigenvalue weighted by molar-refractivity contribution is 0.190. The summed E-state index contributed by atoms with van der Waals surface area (Å²) in [6.45, 7) is 2.52. The van der Waals surface area contributed by atoms with Crippen molar-refractivity contribution in [2.75, 3.05) is 26.7 Å². The van der Waals surface area contributed by atoms with Gasteiger partial charge in [-0.25, -0.2) is 8.78 Å². The number of piperazine rings is 1. The highest BCUT2D eigenvalue weighted by Crippen LogP contribution is 2.28. The Morgan fingerprint density at radius 3 is 2.56 bits per heavy atom. The highest BCUT2D eigenvalue weighted by Gasteiger charge is 2.26. The largest absolute Gasteiger partial charge is 0.334 e. The number of hydrogen-bond donors (Lipinski definition) is 1. The molecule has 0 amide bonds. The number of likely N-dealkylation sites (N-methyl/N-ethyl adjacent to an activating group) is 1. The molecule has 0 spiro atoms. The van der Waals surface area contributed by atoms with Crippen molar-refractivity contribution in [3.8, 4) is 22.6 Å². The van der Waals surface area contributed by atoms with Crippen LogP contribution in [0.25, 0.3) is 22.6 Å². The maximum Gasteiger partial charge on any atom is 0.260 e. The SMILES string of the molecule is CN1CCNCC1c1noc(-c2ccc(-c3ccc(F)cc3)cc2F)n1.Cl. The normalized spacial score (nSPS) is 17.5. The Morgan fingerprint density at radius 1 is 1.11 bits per heavy atom. The fourth-order valence-electron chi connectivity index (χ4n) is 3.08. The summed E-state index contributed by atoms with van der Waals surface area (Å²) in [5, 5.41) is 7.31. The van der Waals surface area contributed by atoms with Crippen LogP contribution in [0.4, 0.5) is 8.78 Å². The number of rotatable bonds is 3. The molecule has 0 bridgehead atoms.